The van der Waals surface area contributed by atoms with E-state index < -0.39 is 0 Å². The van der Waals surface area contributed by atoms with Crippen LogP contribution in [-0.2, 0) is 4.79 Å². The van der Waals surface area contributed by atoms with Gasteiger partial charge in [0, 0.05) is 12.3 Å². The molecule has 1 aromatic rings. The van der Waals surface area contributed by atoms with E-state index in [2.05, 4.69) is 39.8 Å². The average molecular weight is 260 g/mol. The largest absolute Gasteiger partial charge is 0.299 e. The van der Waals surface area contributed by atoms with Crippen LogP contribution in [0.3, 0.4) is 0 Å². The molecule has 0 aliphatic heterocycles. The molecule has 19 heavy (non-hydrogen) atoms. The summed E-state index contributed by atoms with van der Waals surface area (Å²) >= 11 is 0. The van der Waals surface area contributed by atoms with Crippen LogP contribution in [0, 0.1) is 11.8 Å². The molecule has 0 spiro atoms. The van der Waals surface area contributed by atoms with Crippen molar-refractivity contribution in [2.75, 3.05) is 0 Å². The molecule has 1 nitrogen and oxygen atoms in total. The summed E-state index contributed by atoms with van der Waals surface area (Å²) < 4.78 is 0. The van der Waals surface area contributed by atoms with Crippen molar-refractivity contribution < 1.29 is 4.79 Å². The highest BCUT2D eigenvalue weighted by molar-refractivity contribution is 5.86. The molecule has 0 aliphatic carbocycles. The van der Waals surface area contributed by atoms with Crippen molar-refractivity contribution in [1.29, 1.82) is 0 Å². The van der Waals surface area contributed by atoms with Crippen LogP contribution >= 0.6 is 0 Å². The Kier molecular flexibility index (Phi) is 6.83. The predicted octanol–water partition coefficient (Wildman–Crippen LogP) is 5.21. The van der Waals surface area contributed by atoms with Gasteiger partial charge < -0.3 is 0 Å². The fraction of sp³-hybridized carbons (Fsp3) is 0.611. The van der Waals surface area contributed by atoms with Crippen LogP contribution in [0.4, 0.5) is 0 Å². The van der Waals surface area contributed by atoms with Crippen molar-refractivity contribution in [3.63, 3.8) is 0 Å². The molecule has 0 aromatic heterocycles. The number of carbonyl (C=O) groups is 1. The summed E-state index contributed by atoms with van der Waals surface area (Å²) in [5.74, 6) is 1.47. The highest BCUT2D eigenvalue weighted by Gasteiger charge is 2.26. The first kappa shape index (κ1) is 15.9. The van der Waals surface area contributed by atoms with Crippen molar-refractivity contribution >= 4 is 5.78 Å². The number of Topliss-reactive ketones (excluding diaryl/α,β-unsaturated/α-hetero) is 1. The lowest BCUT2D eigenvalue weighted by molar-refractivity contribution is -0.122. The maximum Gasteiger partial charge on any atom is 0.140 e. The van der Waals surface area contributed by atoms with Crippen LogP contribution in [0.5, 0.6) is 0 Å². The summed E-state index contributed by atoms with van der Waals surface area (Å²) in [5, 5.41) is 0. The molecule has 0 amide bonds. The third-order valence-electron chi connectivity index (χ3n) is 4.36. The second-order valence-corrected chi connectivity index (χ2v) is 5.63. The van der Waals surface area contributed by atoms with E-state index in [0.29, 0.717) is 17.6 Å². The number of carbonyl (C=O) groups excluding carboxylic acids is 1. The Balaban J connectivity index is 2.89. The maximum absolute atomic E-state index is 12.7. The number of hydrogen-bond acceptors (Lipinski definition) is 1. The molecule has 0 N–H and O–H groups in total. The SMILES string of the molecule is CCC(CC)CC(=O)C(c1ccccc1)C(C)CC. The molecule has 2 atom stereocenters. The Morgan fingerprint density at radius 2 is 1.58 bits per heavy atom. The van der Waals surface area contributed by atoms with E-state index in [1.54, 1.807) is 0 Å². The lowest BCUT2D eigenvalue weighted by atomic mass is 9.79. The highest BCUT2D eigenvalue weighted by Crippen LogP contribution is 2.31. The average Bonchev–Trinajstić information content (AvgIpc) is 2.45. The first-order valence-electron chi connectivity index (χ1n) is 7.71. The molecule has 0 radical (unpaired) electrons. The van der Waals surface area contributed by atoms with Crippen molar-refractivity contribution in [1.82, 2.24) is 0 Å². The molecule has 0 fully saturated rings. The Hall–Kier alpha value is -1.11. The molecule has 0 saturated heterocycles. The summed E-state index contributed by atoms with van der Waals surface area (Å²) in [4.78, 5) is 12.7. The lowest BCUT2D eigenvalue weighted by Crippen LogP contribution is -2.22. The summed E-state index contributed by atoms with van der Waals surface area (Å²) in [6.07, 6.45) is 3.99. The van der Waals surface area contributed by atoms with Crippen LogP contribution in [0.1, 0.15) is 64.9 Å². The Bertz CT molecular complexity index is 365. The van der Waals surface area contributed by atoms with Gasteiger partial charge in [0.15, 0.2) is 0 Å². The summed E-state index contributed by atoms with van der Waals surface area (Å²) in [6.45, 7) is 8.73. The fourth-order valence-electron chi connectivity index (χ4n) is 2.72. The molecule has 1 aromatic carbocycles. The van der Waals surface area contributed by atoms with Crippen molar-refractivity contribution in [2.24, 2.45) is 11.8 Å². The topological polar surface area (TPSA) is 17.1 Å². The minimum atomic E-state index is 0.0757. The zero-order valence-corrected chi connectivity index (χ0v) is 12.9. The molecule has 0 saturated carbocycles. The van der Waals surface area contributed by atoms with Gasteiger partial charge in [-0.3, -0.25) is 4.79 Å². The van der Waals surface area contributed by atoms with Gasteiger partial charge in [-0.2, -0.15) is 0 Å². The monoisotopic (exact) mass is 260 g/mol. The van der Waals surface area contributed by atoms with Crippen molar-refractivity contribution in [2.45, 2.75) is 59.3 Å². The number of benzene rings is 1. The minimum absolute atomic E-state index is 0.0757. The van der Waals surface area contributed by atoms with Gasteiger partial charge in [-0.15, -0.1) is 0 Å². The van der Waals surface area contributed by atoms with E-state index in [1.807, 2.05) is 18.2 Å². The molecular formula is C18H28O. The molecular weight excluding hydrogens is 232 g/mol. The Morgan fingerprint density at radius 1 is 1.00 bits per heavy atom. The van der Waals surface area contributed by atoms with E-state index in [1.165, 1.54) is 5.56 Å². The Labute approximate surface area is 118 Å². The van der Waals surface area contributed by atoms with E-state index >= 15 is 0 Å². The van der Waals surface area contributed by atoms with Crippen molar-refractivity contribution in [3.05, 3.63) is 35.9 Å². The van der Waals surface area contributed by atoms with Gasteiger partial charge in [0.1, 0.15) is 5.78 Å². The van der Waals surface area contributed by atoms with Crippen LogP contribution in [0.15, 0.2) is 30.3 Å². The van der Waals surface area contributed by atoms with Gasteiger partial charge in [0.2, 0.25) is 0 Å². The normalized spacial score (nSPS) is 14.4. The zero-order valence-electron chi connectivity index (χ0n) is 12.9. The number of rotatable bonds is 8. The first-order valence-corrected chi connectivity index (χ1v) is 7.71. The van der Waals surface area contributed by atoms with Crippen LogP contribution in [0.25, 0.3) is 0 Å². The number of ketones is 1. The van der Waals surface area contributed by atoms with Gasteiger partial charge in [-0.25, -0.2) is 0 Å². The van der Waals surface area contributed by atoms with E-state index in [0.717, 1.165) is 25.7 Å². The number of hydrogen-bond donors (Lipinski definition) is 0. The van der Waals surface area contributed by atoms with Crippen LogP contribution in [-0.4, -0.2) is 5.78 Å². The molecule has 0 bridgehead atoms. The maximum atomic E-state index is 12.7. The van der Waals surface area contributed by atoms with Gasteiger partial charge in [0.25, 0.3) is 0 Å². The van der Waals surface area contributed by atoms with Gasteiger partial charge >= 0.3 is 0 Å². The summed E-state index contributed by atoms with van der Waals surface area (Å²) in [6, 6.07) is 10.3. The van der Waals surface area contributed by atoms with E-state index in [9.17, 15) is 4.79 Å². The molecule has 0 aliphatic rings. The third-order valence-corrected chi connectivity index (χ3v) is 4.36. The second kappa shape index (κ2) is 8.14. The summed E-state index contributed by atoms with van der Waals surface area (Å²) in [5.41, 5.74) is 1.19. The Morgan fingerprint density at radius 3 is 2.05 bits per heavy atom. The summed E-state index contributed by atoms with van der Waals surface area (Å²) in [7, 11) is 0. The van der Waals surface area contributed by atoms with Gasteiger partial charge in [0.05, 0.1) is 0 Å². The molecule has 2 unspecified atom stereocenters. The quantitative estimate of drug-likeness (QED) is 0.627. The minimum Gasteiger partial charge on any atom is -0.299 e. The fourth-order valence-corrected chi connectivity index (χ4v) is 2.72. The standard InChI is InChI=1S/C18H28O/c1-5-14(4)18(16-11-9-8-10-12-16)17(19)13-15(6-2)7-3/h8-12,14-15,18H,5-7,13H2,1-4H3. The van der Waals surface area contributed by atoms with Crippen molar-refractivity contribution in [3.8, 4) is 0 Å². The lowest BCUT2D eigenvalue weighted by Gasteiger charge is -2.24. The third kappa shape index (κ3) is 4.49. The van der Waals surface area contributed by atoms with Gasteiger partial charge in [-0.1, -0.05) is 77.3 Å². The van der Waals surface area contributed by atoms with E-state index in [4.69, 9.17) is 0 Å². The molecule has 106 valence electrons. The van der Waals surface area contributed by atoms with E-state index in [-0.39, 0.29) is 5.92 Å². The highest BCUT2D eigenvalue weighted by atomic mass is 16.1. The van der Waals surface area contributed by atoms with Gasteiger partial charge in [-0.05, 0) is 17.4 Å². The predicted molar refractivity (Wildman–Crippen MR) is 82.3 cm³/mol. The van der Waals surface area contributed by atoms with Crippen LogP contribution in [0.2, 0.25) is 0 Å². The molecule has 1 heteroatoms. The molecule has 1 rings (SSSR count). The zero-order chi connectivity index (χ0) is 14.3. The first-order chi connectivity index (χ1) is 9.13. The second-order valence-electron chi connectivity index (χ2n) is 5.63. The van der Waals surface area contributed by atoms with Crippen LogP contribution < -0.4 is 0 Å². The smallest absolute Gasteiger partial charge is 0.140 e. The molecule has 0 heterocycles.